The van der Waals surface area contributed by atoms with Crippen LogP contribution < -0.4 is 11.3 Å². The van der Waals surface area contributed by atoms with Crippen LogP contribution in [0.4, 0.5) is 5.82 Å². The van der Waals surface area contributed by atoms with Gasteiger partial charge in [-0.3, -0.25) is 14.2 Å². The number of halogens is 1. The van der Waals surface area contributed by atoms with Crippen LogP contribution in [0, 0.1) is 0 Å². The Morgan fingerprint density at radius 3 is 3.00 bits per heavy atom. The lowest BCUT2D eigenvalue weighted by atomic mass is 10.5. The third-order valence-electron chi connectivity index (χ3n) is 1.55. The molecule has 7 heteroatoms. The molecule has 6 nitrogen and oxygen atoms in total. The van der Waals surface area contributed by atoms with Crippen molar-refractivity contribution in [2.24, 2.45) is 0 Å². The number of ether oxygens (including phenoxy) is 1. The van der Waals surface area contributed by atoms with Crippen molar-refractivity contribution in [1.82, 2.24) is 9.55 Å². The van der Waals surface area contributed by atoms with Crippen molar-refractivity contribution in [3.63, 3.8) is 0 Å². The molecule has 0 aromatic carbocycles. The Kier molecular flexibility index (Phi) is 3.23. The monoisotopic (exact) mass is 261 g/mol. The van der Waals surface area contributed by atoms with E-state index in [-0.39, 0.29) is 12.4 Å². The number of hydrogen-bond acceptors (Lipinski definition) is 5. The summed E-state index contributed by atoms with van der Waals surface area (Å²) in [5, 5.41) is 0. The van der Waals surface area contributed by atoms with E-state index < -0.39 is 11.5 Å². The lowest BCUT2D eigenvalue weighted by Crippen LogP contribution is -2.28. The molecule has 0 unspecified atom stereocenters. The third-order valence-corrected chi connectivity index (χ3v) is 2.18. The molecule has 1 rings (SSSR count). The molecule has 0 radical (unpaired) electrons. The molecule has 0 atom stereocenters. The number of nitrogens with two attached hydrogens (primary N) is 1. The molecule has 1 heterocycles. The smallest absolute Gasteiger partial charge is 0.325 e. The van der Waals surface area contributed by atoms with Crippen LogP contribution in [0.3, 0.4) is 0 Å². The van der Waals surface area contributed by atoms with Gasteiger partial charge in [-0.05, 0) is 15.9 Å². The highest BCUT2D eigenvalue weighted by molar-refractivity contribution is 9.10. The van der Waals surface area contributed by atoms with E-state index in [0.717, 1.165) is 4.57 Å². The molecule has 0 saturated heterocycles. The minimum absolute atomic E-state index is 0.155. The molecule has 14 heavy (non-hydrogen) atoms. The molecular weight excluding hydrogens is 254 g/mol. The lowest BCUT2D eigenvalue weighted by Gasteiger charge is -2.06. The Labute approximate surface area is 87.8 Å². The van der Waals surface area contributed by atoms with Crippen molar-refractivity contribution >= 4 is 27.7 Å². The fourth-order valence-electron chi connectivity index (χ4n) is 0.824. The molecule has 0 spiro atoms. The van der Waals surface area contributed by atoms with Crippen molar-refractivity contribution in [2.45, 2.75) is 6.54 Å². The summed E-state index contributed by atoms with van der Waals surface area (Å²) in [4.78, 5) is 25.9. The predicted octanol–water partition coefficient (Wildman–Crippen LogP) is -0.239. The van der Waals surface area contributed by atoms with E-state index in [0.29, 0.717) is 4.60 Å². The van der Waals surface area contributed by atoms with Gasteiger partial charge in [0.05, 0.1) is 13.3 Å². The van der Waals surface area contributed by atoms with E-state index in [1.807, 2.05) is 0 Å². The maximum absolute atomic E-state index is 11.4. The second kappa shape index (κ2) is 4.23. The van der Waals surface area contributed by atoms with E-state index in [1.54, 1.807) is 0 Å². The van der Waals surface area contributed by atoms with Gasteiger partial charge in [0.1, 0.15) is 11.1 Å². The Hall–Kier alpha value is -1.37. The van der Waals surface area contributed by atoms with Crippen LogP contribution in [0.2, 0.25) is 0 Å². The summed E-state index contributed by atoms with van der Waals surface area (Å²) in [6.07, 6.45) is 1.35. The van der Waals surface area contributed by atoms with Gasteiger partial charge in [0.2, 0.25) is 0 Å². The third kappa shape index (κ3) is 2.11. The first-order chi connectivity index (χ1) is 6.56. The number of aromatic nitrogens is 2. The van der Waals surface area contributed by atoms with Gasteiger partial charge in [-0.15, -0.1) is 0 Å². The number of hydrogen-bond donors (Lipinski definition) is 1. The summed E-state index contributed by atoms with van der Waals surface area (Å²) in [6.45, 7) is -0.192. The van der Waals surface area contributed by atoms with Crippen LogP contribution >= 0.6 is 15.9 Å². The summed E-state index contributed by atoms with van der Waals surface area (Å²) in [5.74, 6) is -0.685. The Morgan fingerprint density at radius 1 is 1.79 bits per heavy atom. The van der Waals surface area contributed by atoms with Gasteiger partial charge in [-0.2, -0.15) is 0 Å². The highest BCUT2D eigenvalue weighted by Gasteiger charge is 2.09. The molecule has 0 fully saturated rings. The van der Waals surface area contributed by atoms with Crippen LogP contribution in [0.5, 0.6) is 0 Å². The van der Waals surface area contributed by atoms with Crippen molar-refractivity contribution < 1.29 is 9.53 Å². The summed E-state index contributed by atoms with van der Waals surface area (Å²) in [7, 11) is 1.24. The van der Waals surface area contributed by atoms with E-state index in [9.17, 15) is 9.59 Å². The van der Waals surface area contributed by atoms with Crippen LogP contribution in [0.25, 0.3) is 0 Å². The quantitative estimate of drug-likeness (QED) is 0.743. The van der Waals surface area contributed by atoms with Gasteiger partial charge in [0, 0.05) is 0 Å². The van der Waals surface area contributed by atoms with Crippen LogP contribution in [0.15, 0.2) is 15.6 Å². The standard InChI is InChI=1S/C7H8BrN3O3/c1-14-5(12)3-11-4(8)2-10-6(9)7(11)13/h2H,3H2,1H3,(H2,9,10). The zero-order chi connectivity index (χ0) is 10.7. The summed E-state index contributed by atoms with van der Waals surface area (Å²) in [5.41, 5.74) is 4.77. The van der Waals surface area contributed by atoms with Crippen molar-refractivity contribution in [1.29, 1.82) is 0 Å². The van der Waals surface area contributed by atoms with Crippen LogP contribution in [-0.4, -0.2) is 22.6 Å². The second-order valence-electron chi connectivity index (χ2n) is 2.43. The van der Waals surface area contributed by atoms with Gasteiger partial charge in [0.25, 0.3) is 5.56 Å². The average Bonchev–Trinajstić information content (AvgIpc) is 2.18. The van der Waals surface area contributed by atoms with Gasteiger partial charge in [-0.1, -0.05) is 0 Å². The molecular formula is C7H8BrN3O3. The molecule has 0 aliphatic rings. The largest absolute Gasteiger partial charge is 0.468 e. The molecule has 0 bridgehead atoms. The normalized spacial score (nSPS) is 9.86. The topological polar surface area (TPSA) is 87.2 Å². The van der Waals surface area contributed by atoms with Crippen LogP contribution in [-0.2, 0) is 16.1 Å². The average molecular weight is 262 g/mol. The Balaban J connectivity index is 3.13. The van der Waals surface area contributed by atoms with Crippen molar-refractivity contribution in [3.8, 4) is 0 Å². The molecule has 1 aromatic heterocycles. The first kappa shape index (κ1) is 10.7. The maximum Gasteiger partial charge on any atom is 0.325 e. The minimum atomic E-state index is -0.529. The van der Waals surface area contributed by atoms with Crippen LogP contribution in [0.1, 0.15) is 0 Å². The number of carbonyl (C=O) groups excluding carboxylic acids is 1. The zero-order valence-electron chi connectivity index (χ0n) is 7.36. The molecule has 2 N–H and O–H groups in total. The second-order valence-corrected chi connectivity index (χ2v) is 3.25. The van der Waals surface area contributed by atoms with Gasteiger partial charge < -0.3 is 10.5 Å². The molecule has 1 aromatic rings. The molecule has 0 saturated carbocycles. The minimum Gasteiger partial charge on any atom is -0.468 e. The van der Waals surface area contributed by atoms with E-state index >= 15 is 0 Å². The molecule has 0 aliphatic carbocycles. The molecule has 76 valence electrons. The first-order valence-electron chi connectivity index (χ1n) is 3.64. The van der Waals surface area contributed by atoms with Gasteiger partial charge in [0.15, 0.2) is 5.82 Å². The fraction of sp³-hybridized carbons (Fsp3) is 0.286. The number of rotatable bonds is 2. The predicted molar refractivity (Wildman–Crippen MR) is 52.6 cm³/mol. The first-order valence-corrected chi connectivity index (χ1v) is 4.43. The number of anilines is 1. The maximum atomic E-state index is 11.4. The van der Waals surface area contributed by atoms with E-state index in [1.165, 1.54) is 13.3 Å². The fourth-order valence-corrected chi connectivity index (χ4v) is 1.21. The Bertz CT molecular complexity index is 415. The summed E-state index contributed by atoms with van der Waals surface area (Å²) >= 11 is 3.08. The highest BCUT2D eigenvalue weighted by Crippen LogP contribution is 2.05. The van der Waals surface area contributed by atoms with Gasteiger partial charge >= 0.3 is 5.97 Å². The van der Waals surface area contributed by atoms with E-state index in [2.05, 4.69) is 25.7 Å². The summed E-state index contributed by atoms with van der Waals surface area (Å²) in [6, 6.07) is 0. The number of esters is 1. The number of nitrogens with zero attached hydrogens (tertiary/aromatic N) is 2. The zero-order valence-corrected chi connectivity index (χ0v) is 8.94. The Morgan fingerprint density at radius 2 is 2.43 bits per heavy atom. The molecule has 0 aliphatic heterocycles. The van der Waals surface area contributed by atoms with E-state index in [4.69, 9.17) is 5.73 Å². The summed E-state index contributed by atoms with van der Waals surface area (Å²) < 4.78 is 5.93. The highest BCUT2D eigenvalue weighted by atomic mass is 79.9. The number of nitrogen functional groups attached to an aromatic ring is 1. The van der Waals surface area contributed by atoms with Gasteiger partial charge in [-0.25, -0.2) is 4.98 Å². The van der Waals surface area contributed by atoms with Crippen molar-refractivity contribution in [2.75, 3.05) is 12.8 Å². The lowest BCUT2D eigenvalue weighted by molar-refractivity contribution is -0.141. The molecule has 0 amide bonds. The SMILES string of the molecule is COC(=O)Cn1c(Br)cnc(N)c1=O. The van der Waals surface area contributed by atoms with Crippen molar-refractivity contribution in [3.05, 3.63) is 21.2 Å². The number of methoxy groups -OCH3 is 1. The number of carbonyl (C=O) groups is 1.